The van der Waals surface area contributed by atoms with Gasteiger partial charge in [-0.2, -0.15) is 19.6 Å². The fourth-order valence-corrected chi connectivity index (χ4v) is 3.10. The molecule has 2 aliphatic heterocycles. The Hall–Kier alpha value is -3.42. The van der Waals surface area contributed by atoms with Crippen molar-refractivity contribution >= 4 is 17.1 Å². The monoisotopic (exact) mass is 364 g/mol. The van der Waals surface area contributed by atoms with Crippen LogP contribution in [0.3, 0.4) is 0 Å². The van der Waals surface area contributed by atoms with Gasteiger partial charge in [0.05, 0.1) is 22.8 Å². The number of rotatable bonds is 3. The Morgan fingerprint density at radius 1 is 1.26 bits per heavy atom. The van der Waals surface area contributed by atoms with Crippen LogP contribution in [-0.2, 0) is 0 Å². The minimum Gasteiger partial charge on any atom is -0.345 e. The number of carbonyl (C=O) groups is 1. The van der Waals surface area contributed by atoms with Gasteiger partial charge in [0.1, 0.15) is 11.3 Å². The summed E-state index contributed by atoms with van der Waals surface area (Å²) < 4.78 is 2.62. The van der Waals surface area contributed by atoms with Crippen molar-refractivity contribution < 1.29 is 4.79 Å². The van der Waals surface area contributed by atoms with E-state index in [1.54, 1.807) is 12.4 Å². The van der Waals surface area contributed by atoms with Crippen LogP contribution in [0, 0.1) is 0 Å². The normalized spacial score (nSPS) is 11.6. The van der Waals surface area contributed by atoms with Crippen LogP contribution in [-0.4, -0.2) is 37.1 Å². The number of H-pyrrole nitrogens is 1. The van der Waals surface area contributed by atoms with Crippen molar-refractivity contribution in [3.05, 3.63) is 52.6 Å². The summed E-state index contributed by atoms with van der Waals surface area (Å²) in [5.41, 5.74) is 3.13. The molecule has 0 saturated heterocycles. The van der Waals surface area contributed by atoms with Gasteiger partial charge in [0.15, 0.2) is 0 Å². The molecular formula is C19H20N6O2. The summed E-state index contributed by atoms with van der Waals surface area (Å²) in [6.07, 6.45) is 3.12. The lowest BCUT2D eigenvalue weighted by Crippen LogP contribution is -2.29. The number of nitrogens with zero attached hydrogens (tertiary/aromatic N) is 4. The molecule has 0 unspecified atom stereocenters. The Morgan fingerprint density at radius 3 is 2.67 bits per heavy atom. The van der Waals surface area contributed by atoms with Crippen LogP contribution in [0.4, 0.5) is 4.79 Å². The number of aromatic amines is 1. The van der Waals surface area contributed by atoms with Gasteiger partial charge in [0.25, 0.3) is 5.56 Å². The standard InChI is InChI=1S/C19H20N6O2/c1-4-20-19(27)25-17-14(10-22-25)16-15(9-21-17)18(26)24(23-16)13-7-5-12(6-8-13)11(2)3/h5-11,21H,4H2,1-3H3,(H,20,27). The molecule has 0 aliphatic carbocycles. The van der Waals surface area contributed by atoms with Gasteiger partial charge in [-0.05, 0) is 30.5 Å². The van der Waals surface area contributed by atoms with Gasteiger partial charge in [-0.1, -0.05) is 26.0 Å². The number of aromatic nitrogens is 5. The first kappa shape index (κ1) is 17.0. The van der Waals surface area contributed by atoms with Crippen LogP contribution < -0.4 is 10.9 Å². The van der Waals surface area contributed by atoms with Crippen molar-refractivity contribution in [2.75, 3.05) is 6.54 Å². The van der Waals surface area contributed by atoms with Gasteiger partial charge in [0, 0.05) is 12.7 Å². The molecule has 1 amide bonds. The van der Waals surface area contributed by atoms with E-state index < -0.39 is 0 Å². The predicted molar refractivity (Wildman–Crippen MR) is 103 cm³/mol. The van der Waals surface area contributed by atoms with E-state index in [0.29, 0.717) is 40.4 Å². The molecule has 0 atom stereocenters. The second kappa shape index (κ2) is 6.39. The zero-order chi connectivity index (χ0) is 19.1. The molecule has 2 aliphatic rings. The molecule has 1 aromatic heterocycles. The van der Waals surface area contributed by atoms with Crippen LogP contribution >= 0.6 is 0 Å². The van der Waals surface area contributed by atoms with E-state index in [1.165, 1.54) is 14.9 Å². The molecule has 1 aromatic carbocycles. The van der Waals surface area contributed by atoms with Gasteiger partial charge in [-0.15, -0.1) is 0 Å². The van der Waals surface area contributed by atoms with Crippen molar-refractivity contribution in [2.45, 2.75) is 26.7 Å². The van der Waals surface area contributed by atoms with Gasteiger partial charge < -0.3 is 10.3 Å². The number of pyridine rings is 1. The third kappa shape index (κ3) is 2.69. The van der Waals surface area contributed by atoms with Crippen LogP contribution in [0.2, 0.25) is 0 Å². The van der Waals surface area contributed by atoms with Gasteiger partial charge in [0.2, 0.25) is 0 Å². The van der Waals surface area contributed by atoms with Crippen molar-refractivity contribution in [3.63, 3.8) is 0 Å². The van der Waals surface area contributed by atoms with Crippen molar-refractivity contribution in [3.8, 4) is 16.9 Å². The fraction of sp³-hybridized carbons (Fsp3) is 0.263. The van der Waals surface area contributed by atoms with Crippen molar-refractivity contribution in [1.82, 2.24) is 29.9 Å². The Labute approximate surface area is 155 Å². The molecule has 8 heteroatoms. The largest absolute Gasteiger partial charge is 0.345 e. The molecule has 0 spiro atoms. The average Bonchev–Trinajstić information content (AvgIpc) is 3.23. The number of hydrogen-bond acceptors (Lipinski definition) is 4. The number of fused-ring (bicyclic) bond motifs is 3. The summed E-state index contributed by atoms with van der Waals surface area (Å²) in [6, 6.07) is 7.44. The minimum atomic E-state index is -0.339. The molecule has 138 valence electrons. The average molecular weight is 364 g/mol. The molecule has 0 fully saturated rings. The highest BCUT2D eigenvalue weighted by Crippen LogP contribution is 2.26. The topological polar surface area (TPSA) is 97.6 Å². The van der Waals surface area contributed by atoms with E-state index in [0.717, 1.165) is 0 Å². The van der Waals surface area contributed by atoms with E-state index in [1.807, 2.05) is 31.2 Å². The maximum Gasteiger partial charge on any atom is 0.344 e. The Kier molecular flexibility index (Phi) is 4.02. The summed E-state index contributed by atoms with van der Waals surface area (Å²) in [6.45, 7) is 6.57. The van der Waals surface area contributed by atoms with E-state index in [2.05, 4.69) is 34.3 Å². The van der Waals surface area contributed by atoms with Crippen molar-refractivity contribution in [2.24, 2.45) is 0 Å². The minimum absolute atomic E-state index is 0.216. The number of amides is 1. The summed E-state index contributed by atoms with van der Waals surface area (Å²) in [5.74, 6) is 0.414. The molecule has 0 bridgehead atoms. The SMILES string of the molecule is CCNC(=O)n1ncc2c3nn(-c4ccc(C(C)C)cc4)c(=O)c-3c[nH]c21. The van der Waals surface area contributed by atoms with E-state index >= 15 is 0 Å². The molecule has 2 aromatic rings. The number of hydrogen-bond donors (Lipinski definition) is 2. The van der Waals surface area contributed by atoms with Crippen molar-refractivity contribution in [1.29, 1.82) is 0 Å². The first-order chi connectivity index (χ1) is 13.0. The first-order valence-electron chi connectivity index (χ1n) is 8.88. The van der Waals surface area contributed by atoms with Crippen LogP contribution in [0.25, 0.3) is 28.0 Å². The van der Waals surface area contributed by atoms with E-state index in [-0.39, 0.29) is 11.6 Å². The van der Waals surface area contributed by atoms with E-state index in [4.69, 9.17) is 0 Å². The smallest absolute Gasteiger partial charge is 0.344 e. The second-order valence-corrected chi connectivity index (χ2v) is 6.67. The van der Waals surface area contributed by atoms with Gasteiger partial charge in [-0.25, -0.2) is 4.79 Å². The van der Waals surface area contributed by atoms with Gasteiger partial charge >= 0.3 is 6.03 Å². The molecule has 3 heterocycles. The quantitative estimate of drug-likeness (QED) is 0.584. The summed E-state index contributed by atoms with van der Waals surface area (Å²) in [5, 5.41) is 11.9. The maximum atomic E-state index is 12.8. The van der Waals surface area contributed by atoms with E-state index in [9.17, 15) is 9.59 Å². The van der Waals surface area contributed by atoms with Crippen LogP contribution in [0.1, 0.15) is 32.3 Å². The lowest BCUT2D eigenvalue weighted by atomic mass is 10.0. The zero-order valence-corrected chi connectivity index (χ0v) is 15.4. The third-order valence-electron chi connectivity index (χ3n) is 4.58. The highest BCUT2D eigenvalue weighted by molar-refractivity contribution is 5.95. The molecule has 8 nitrogen and oxygen atoms in total. The molecule has 27 heavy (non-hydrogen) atoms. The highest BCUT2D eigenvalue weighted by Gasteiger charge is 2.22. The number of benzene rings is 1. The highest BCUT2D eigenvalue weighted by atomic mass is 16.2. The third-order valence-corrected chi connectivity index (χ3v) is 4.58. The molecule has 0 radical (unpaired) electrons. The zero-order valence-electron chi connectivity index (χ0n) is 15.4. The summed E-state index contributed by atoms with van der Waals surface area (Å²) in [7, 11) is 0. The molecular weight excluding hydrogens is 344 g/mol. The molecule has 2 N–H and O–H groups in total. The lowest BCUT2D eigenvalue weighted by molar-refractivity contribution is 0.241. The van der Waals surface area contributed by atoms with Crippen LogP contribution in [0.15, 0.2) is 41.5 Å². The summed E-state index contributed by atoms with van der Waals surface area (Å²) >= 11 is 0. The maximum absolute atomic E-state index is 12.8. The second-order valence-electron chi connectivity index (χ2n) is 6.67. The Morgan fingerprint density at radius 2 is 2.00 bits per heavy atom. The first-order valence-corrected chi connectivity index (χ1v) is 8.88. The Balaban J connectivity index is 1.86. The van der Waals surface area contributed by atoms with Gasteiger partial charge in [-0.3, -0.25) is 4.79 Å². The Bertz CT molecular complexity index is 1150. The molecule has 0 saturated carbocycles. The number of nitrogens with one attached hydrogen (secondary N) is 2. The summed E-state index contributed by atoms with van der Waals surface area (Å²) in [4.78, 5) is 27.9. The fourth-order valence-electron chi connectivity index (χ4n) is 3.10. The van der Waals surface area contributed by atoms with Crippen LogP contribution in [0.5, 0.6) is 0 Å². The molecule has 4 rings (SSSR count). The predicted octanol–water partition coefficient (Wildman–Crippen LogP) is 2.72. The lowest BCUT2D eigenvalue weighted by Gasteiger charge is -2.06. The number of carbonyl (C=O) groups excluding carboxylic acids is 1.